The number of fused-ring (bicyclic) bond motifs is 1. The average Bonchev–Trinajstić information content (AvgIpc) is 3.20. The predicted octanol–water partition coefficient (Wildman–Crippen LogP) is 3.57. The topological polar surface area (TPSA) is 50.5 Å². The zero-order valence-electron chi connectivity index (χ0n) is 12.4. The van der Waals surface area contributed by atoms with E-state index >= 15 is 0 Å². The first-order valence-electron chi connectivity index (χ1n) is 7.56. The van der Waals surface area contributed by atoms with E-state index in [0.29, 0.717) is 6.54 Å². The van der Waals surface area contributed by atoms with Gasteiger partial charge in [-0.05, 0) is 53.0 Å². The van der Waals surface area contributed by atoms with Crippen molar-refractivity contribution in [3.8, 4) is 0 Å². The molecule has 0 radical (unpaired) electrons. The molecule has 23 heavy (non-hydrogen) atoms. The van der Waals surface area contributed by atoms with Crippen molar-refractivity contribution < 1.29 is 4.79 Å². The number of rotatable bonds is 2. The van der Waals surface area contributed by atoms with E-state index in [1.54, 1.807) is 0 Å². The molecule has 0 aliphatic carbocycles. The molecule has 7 heteroatoms. The highest BCUT2D eigenvalue weighted by Gasteiger charge is 2.28. The van der Waals surface area contributed by atoms with Gasteiger partial charge in [0.2, 0.25) is 0 Å². The molecule has 118 valence electrons. The van der Waals surface area contributed by atoms with Gasteiger partial charge >= 0.3 is 0 Å². The van der Waals surface area contributed by atoms with E-state index < -0.39 is 0 Å². The van der Waals surface area contributed by atoms with Gasteiger partial charge in [-0.15, -0.1) is 21.5 Å². The van der Waals surface area contributed by atoms with Crippen molar-refractivity contribution in [1.29, 1.82) is 0 Å². The highest BCUT2D eigenvalue weighted by molar-refractivity contribution is 9.11. The molecule has 5 nitrogen and oxygen atoms in total. The van der Waals surface area contributed by atoms with Crippen LogP contribution in [0.4, 0.5) is 0 Å². The van der Waals surface area contributed by atoms with Gasteiger partial charge in [0.15, 0.2) is 5.65 Å². The Morgan fingerprint density at radius 3 is 3.00 bits per heavy atom. The van der Waals surface area contributed by atoms with Crippen molar-refractivity contribution in [3.05, 3.63) is 51.0 Å². The number of carbonyl (C=O) groups excluding carboxylic acids is 1. The van der Waals surface area contributed by atoms with Crippen LogP contribution in [0.5, 0.6) is 0 Å². The number of piperidine rings is 1. The Balaban J connectivity index is 1.58. The third kappa shape index (κ3) is 2.79. The van der Waals surface area contributed by atoms with E-state index in [1.807, 2.05) is 45.8 Å². The second-order valence-electron chi connectivity index (χ2n) is 5.68. The number of nitrogens with zero attached hydrogens (tertiary/aromatic N) is 4. The van der Waals surface area contributed by atoms with Crippen LogP contribution >= 0.6 is 27.3 Å². The summed E-state index contributed by atoms with van der Waals surface area (Å²) in [5.41, 5.74) is 0.855. The summed E-state index contributed by atoms with van der Waals surface area (Å²) in [7, 11) is 0. The quantitative estimate of drug-likeness (QED) is 0.671. The number of hydrogen-bond acceptors (Lipinski definition) is 4. The lowest BCUT2D eigenvalue weighted by atomic mass is 9.97. The molecule has 4 heterocycles. The Morgan fingerprint density at radius 1 is 1.26 bits per heavy atom. The van der Waals surface area contributed by atoms with Gasteiger partial charge in [-0.1, -0.05) is 6.07 Å². The highest BCUT2D eigenvalue weighted by Crippen LogP contribution is 2.29. The highest BCUT2D eigenvalue weighted by atomic mass is 79.9. The maximum atomic E-state index is 12.7. The minimum absolute atomic E-state index is 0.110. The lowest BCUT2D eigenvalue weighted by Crippen LogP contribution is -2.39. The number of pyridine rings is 1. The number of amides is 1. The molecule has 1 aliphatic heterocycles. The Bertz CT molecular complexity index is 859. The minimum Gasteiger partial charge on any atom is -0.337 e. The fourth-order valence-electron chi connectivity index (χ4n) is 3.10. The maximum Gasteiger partial charge on any atom is 0.263 e. The van der Waals surface area contributed by atoms with E-state index in [1.165, 1.54) is 11.3 Å². The van der Waals surface area contributed by atoms with E-state index in [0.717, 1.165) is 39.5 Å². The minimum atomic E-state index is 0.110. The molecule has 1 aliphatic rings. The molecule has 1 unspecified atom stereocenters. The molecule has 1 saturated heterocycles. The number of likely N-dealkylation sites (tertiary alicyclic amines) is 1. The van der Waals surface area contributed by atoms with Crippen molar-refractivity contribution in [2.75, 3.05) is 13.1 Å². The third-order valence-electron chi connectivity index (χ3n) is 4.20. The molecular weight excluding hydrogens is 376 g/mol. The van der Waals surface area contributed by atoms with E-state index in [-0.39, 0.29) is 11.8 Å². The van der Waals surface area contributed by atoms with E-state index in [4.69, 9.17) is 0 Å². The van der Waals surface area contributed by atoms with Crippen LogP contribution in [-0.4, -0.2) is 38.5 Å². The van der Waals surface area contributed by atoms with Crippen LogP contribution in [0.3, 0.4) is 0 Å². The molecule has 1 atom stereocenters. The molecule has 3 aromatic rings. The summed E-state index contributed by atoms with van der Waals surface area (Å²) >= 11 is 4.90. The standard InChI is InChI=1S/C16H15BrN4OS/c17-13-7-6-12(23-13)16(22)20-8-3-4-11(10-20)15-19-18-14-5-1-2-9-21(14)15/h1-2,5-7,9,11H,3-4,8,10H2. The Kier molecular flexibility index (Phi) is 3.90. The molecule has 0 bridgehead atoms. The van der Waals surface area contributed by atoms with Gasteiger partial charge in [0.1, 0.15) is 5.82 Å². The van der Waals surface area contributed by atoms with Gasteiger partial charge < -0.3 is 4.90 Å². The molecule has 0 aromatic carbocycles. The summed E-state index contributed by atoms with van der Waals surface area (Å²) in [5.74, 6) is 1.29. The first kappa shape index (κ1) is 14.8. The number of aromatic nitrogens is 3. The summed E-state index contributed by atoms with van der Waals surface area (Å²) in [6, 6.07) is 9.69. The molecule has 0 N–H and O–H groups in total. The second-order valence-corrected chi connectivity index (χ2v) is 8.14. The predicted molar refractivity (Wildman–Crippen MR) is 92.9 cm³/mol. The lowest BCUT2D eigenvalue weighted by Gasteiger charge is -2.31. The molecule has 1 amide bonds. The van der Waals surface area contributed by atoms with E-state index in [9.17, 15) is 4.79 Å². The fraction of sp³-hybridized carbons (Fsp3) is 0.312. The third-order valence-corrected chi connectivity index (χ3v) is 5.81. The van der Waals surface area contributed by atoms with Crippen LogP contribution in [0, 0.1) is 0 Å². The van der Waals surface area contributed by atoms with Gasteiger partial charge in [-0.25, -0.2) is 0 Å². The van der Waals surface area contributed by atoms with Crippen LogP contribution in [0.15, 0.2) is 40.3 Å². The first-order valence-corrected chi connectivity index (χ1v) is 9.17. The van der Waals surface area contributed by atoms with Gasteiger partial charge in [0, 0.05) is 25.2 Å². The number of carbonyl (C=O) groups is 1. The van der Waals surface area contributed by atoms with Crippen LogP contribution in [-0.2, 0) is 0 Å². The number of halogens is 1. The Morgan fingerprint density at radius 2 is 2.17 bits per heavy atom. The Labute approximate surface area is 146 Å². The van der Waals surface area contributed by atoms with Crippen LogP contribution in [0.2, 0.25) is 0 Å². The molecule has 3 aromatic heterocycles. The van der Waals surface area contributed by atoms with Gasteiger partial charge in [0.05, 0.1) is 8.66 Å². The maximum absolute atomic E-state index is 12.7. The molecule has 1 fully saturated rings. The zero-order chi connectivity index (χ0) is 15.8. The molecule has 0 spiro atoms. The van der Waals surface area contributed by atoms with Crippen LogP contribution in [0.25, 0.3) is 5.65 Å². The van der Waals surface area contributed by atoms with Gasteiger partial charge in [0.25, 0.3) is 5.91 Å². The second kappa shape index (κ2) is 6.05. The van der Waals surface area contributed by atoms with Crippen molar-refractivity contribution in [2.45, 2.75) is 18.8 Å². The van der Waals surface area contributed by atoms with Crippen molar-refractivity contribution in [1.82, 2.24) is 19.5 Å². The summed E-state index contributed by atoms with van der Waals surface area (Å²) < 4.78 is 3.01. The SMILES string of the molecule is O=C(c1ccc(Br)s1)N1CCCC(c2nnc3ccccn23)C1. The van der Waals surface area contributed by atoms with Gasteiger partial charge in [-0.2, -0.15) is 0 Å². The lowest BCUT2D eigenvalue weighted by molar-refractivity contribution is 0.0709. The molecular formula is C16H15BrN4OS. The summed E-state index contributed by atoms with van der Waals surface area (Å²) in [6.45, 7) is 1.51. The molecule has 0 saturated carbocycles. The Hall–Kier alpha value is -1.73. The van der Waals surface area contributed by atoms with Crippen molar-refractivity contribution >= 4 is 38.8 Å². The smallest absolute Gasteiger partial charge is 0.263 e. The van der Waals surface area contributed by atoms with Crippen LogP contribution in [0.1, 0.15) is 34.3 Å². The number of hydrogen-bond donors (Lipinski definition) is 0. The van der Waals surface area contributed by atoms with Gasteiger partial charge in [-0.3, -0.25) is 9.20 Å². The first-order chi connectivity index (χ1) is 11.2. The van der Waals surface area contributed by atoms with E-state index in [2.05, 4.69) is 26.1 Å². The summed E-state index contributed by atoms with van der Waals surface area (Å²) in [6.07, 6.45) is 4.01. The monoisotopic (exact) mass is 390 g/mol. The normalized spacial score (nSPS) is 18.5. The average molecular weight is 391 g/mol. The largest absolute Gasteiger partial charge is 0.337 e. The molecule has 4 rings (SSSR count). The van der Waals surface area contributed by atoms with Crippen molar-refractivity contribution in [3.63, 3.8) is 0 Å². The van der Waals surface area contributed by atoms with Crippen molar-refractivity contribution in [2.24, 2.45) is 0 Å². The number of thiophene rings is 1. The summed E-state index contributed by atoms with van der Waals surface area (Å²) in [4.78, 5) is 15.4. The van der Waals surface area contributed by atoms with Crippen LogP contribution < -0.4 is 0 Å². The summed E-state index contributed by atoms with van der Waals surface area (Å²) in [5, 5.41) is 8.59. The fourth-order valence-corrected chi connectivity index (χ4v) is 4.45. The zero-order valence-corrected chi connectivity index (χ0v) is 14.8.